The van der Waals surface area contributed by atoms with Crippen molar-refractivity contribution in [2.24, 2.45) is 5.73 Å². The van der Waals surface area contributed by atoms with Gasteiger partial charge in [-0.1, -0.05) is 38.8 Å². The van der Waals surface area contributed by atoms with Crippen LogP contribution in [0.2, 0.25) is 0 Å². The zero-order valence-corrected chi connectivity index (χ0v) is 14.8. The van der Waals surface area contributed by atoms with Gasteiger partial charge in [-0.15, -0.1) is 0 Å². The number of rotatable bonds is 9. The maximum absolute atomic E-state index is 11.0. The average Bonchev–Trinajstić information content (AvgIpc) is 2.92. The number of unbranched alkanes of at least 4 members (excludes halogenated alkanes) is 2. The van der Waals surface area contributed by atoms with Gasteiger partial charge >= 0.3 is 6.03 Å². The lowest BCUT2D eigenvalue weighted by Crippen LogP contribution is -2.19. The summed E-state index contributed by atoms with van der Waals surface area (Å²) in [6.45, 7) is 5.54. The predicted molar refractivity (Wildman–Crippen MR) is 100 cm³/mol. The average molecular weight is 327 g/mol. The first-order chi connectivity index (χ1) is 11.6. The van der Waals surface area contributed by atoms with Gasteiger partial charge in [0.15, 0.2) is 0 Å². The number of aromatic nitrogens is 1. The Morgan fingerprint density at radius 2 is 1.83 bits per heavy atom. The van der Waals surface area contributed by atoms with E-state index >= 15 is 0 Å². The second-order valence-electron chi connectivity index (χ2n) is 6.29. The molecule has 0 aliphatic carbocycles. The Hall–Kier alpha value is -2.23. The number of anilines is 1. The maximum atomic E-state index is 11.0. The Kier molecular flexibility index (Phi) is 6.91. The minimum absolute atomic E-state index is 0.527. The van der Waals surface area contributed by atoms with Gasteiger partial charge in [-0.25, -0.2) is 4.79 Å². The van der Waals surface area contributed by atoms with Crippen LogP contribution in [0.1, 0.15) is 56.5 Å². The number of hydrogen-bond donors (Lipinski definition) is 2. The minimum atomic E-state index is -0.527. The Bertz CT molecular complexity index is 661. The van der Waals surface area contributed by atoms with Crippen molar-refractivity contribution in [3.63, 3.8) is 0 Å². The van der Waals surface area contributed by atoms with E-state index in [-0.39, 0.29) is 0 Å². The van der Waals surface area contributed by atoms with Gasteiger partial charge in [0, 0.05) is 30.0 Å². The summed E-state index contributed by atoms with van der Waals surface area (Å²) in [6.07, 6.45) is 6.85. The summed E-state index contributed by atoms with van der Waals surface area (Å²) in [7, 11) is 0. The monoisotopic (exact) mass is 327 g/mol. The maximum Gasteiger partial charge on any atom is 0.316 e. The fourth-order valence-corrected chi connectivity index (χ4v) is 3.00. The first-order valence-corrected chi connectivity index (χ1v) is 8.96. The highest BCUT2D eigenvalue weighted by Gasteiger charge is 2.09. The largest absolute Gasteiger partial charge is 0.351 e. The van der Waals surface area contributed by atoms with Crippen LogP contribution in [0.25, 0.3) is 0 Å². The molecule has 1 aromatic carbocycles. The normalized spacial score (nSPS) is 10.8. The third-order valence-corrected chi connectivity index (χ3v) is 4.26. The van der Waals surface area contributed by atoms with Gasteiger partial charge in [-0.05, 0) is 49.1 Å². The second-order valence-corrected chi connectivity index (χ2v) is 6.29. The van der Waals surface area contributed by atoms with E-state index in [9.17, 15) is 4.79 Å². The molecule has 0 saturated carbocycles. The summed E-state index contributed by atoms with van der Waals surface area (Å²) in [5, 5.41) is 2.65. The number of carbonyl (C=O) groups is 1. The number of amides is 2. The van der Waals surface area contributed by atoms with Gasteiger partial charge < -0.3 is 15.6 Å². The number of aryl methyl sites for hydroxylation is 1. The highest BCUT2D eigenvalue weighted by Crippen LogP contribution is 2.19. The molecule has 0 unspecified atom stereocenters. The number of hydrogen-bond acceptors (Lipinski definition) is 1. The van der Waals surface area contributed by atoms with E-state index in [1.165, 1.54) is 42.6 Å². The fraction of sp³-hybridized carbons (Fsp3) is 0.450. The predicted octanol–water partition coefficient (Wildman–Crippen LogP) is 4.71. The van der Waals surface area contributed by atoms with Crippen molar-refractivity contribution in [3.8, 4) is 0 Å². The molecule has 1 aromatic heterocycles. The number of nitrogens with one attached hydrogen (secondary N) is 1. The van der Waals surface area contributed by atoms with E-state index in [0.717, 1.165) is 25.1 Å². The number of nitrogens with two attached hydrogens (primary N) is 1. The zero-order chi connectivity index (χ0) is 17.4. The molecule has 1 heterocycles. The first-order valence-electron chi connectivity index (χ1n) is 8.96. The van der Waals surface area contributed by atoms with Crippen LogP contribution in [0.5, 0.6) is 0 Å². The van der Waals surface area contributed by atoms with Gasteiger partial charge in [0.25, 0.3) is 0 Å². The molecular formula is C20H29N3O. The first kappa shape index (κ1) is 18.1. The molecule has 4 heteroatoms. The van der Waals surface area contributed by atoms with E-state index in [1.807, 2.05) is 18.2 Å². The van der Waals surface area contributed by atoms with Gasteiger partial charge in [0.05, 0.1) is 0 Å². The topological polar surface area (TPSA) is 60.0 Å². The van der Waals surface area contributed by atoms with Crippen molar-refractivity contribution in [1.29, 1.82) is 0 Å². The molecule has 24 heavy (non-hydrogen) atoms. The van der Waals surface area contributed by atoms with Crippen LogP contribution in [0.4, 0.5) is 10.5 Å². The lowest BCUT2D eigenvalue weighted by atomic mass is 10.1. The van der Waals surface area contributed by atoms with Crippen LogP contribution in [-0.4, -0.2) is 10.6 Å². The molecular weight excluding hydrogens is 298 g/mol. The molecule has 2 rings (SSSR count). The Labute approximate surface area is 145 Å². The molecule has 2 amide bonds. The molecule has 0 fully saturated rings. The molecule has 0 radical (unpaired) electrons. The quantitative estimate of drug-likeness (QED) is 0.688. The molecule has 2 aromatic rings. The second kappa shape index (κ2) is 9.16. The van der Waals surface area contributed by atoms with E-state index in [1.54, 1.807) is 0 Å². The van der Waals surface area contributed by atoms with Crippen molar-refractivity contribution in [3.05, 3.63) is 53.3 Å². The van der Waals surface area contributed by atoms with Crippen molar-refractivity contribution >= 4 is 11.7 Å². The lowest BCUT2D eigenvalue weighted by molar-refractivity contribution is 0.259. The molecule has 4 nitrogen and oxygen atoms in total. The lowest BCUT2D eigenvalue weighted by Gasteiger charge is -2.14. The van der Waals surface area contributed by atoms with Gasteiger partial charge in [-0.2, -0.15) is 0 Å². The molecule has 0 aliphatic rings. The van der Waals surface area contributed by atoms with Crippen LogP contribution in [0, 0.1) is 0 Å². The van der Waals surface area contributed by atoms with E-state index in [0.29, 0.717) is 0 Å². The zero-order valence-electron chi connectivity index (χ0n) is 14.8. The summed E-state index contributed by atoms with van der Waals surface area (Å²) < 4.78 is 2.48. The van der Waals surface area contributed by atoms with Crippen molar-refractivity contribution in [1.82, 2.24) is 4.57 Å². The Morgan fingerprint density at radius 3 is 2.54 bits per heavy atom. The smallest absolute Gasteiger partial charge is 0.316 e. The number of benzene rings is 1. The van der Waals surface area contributed by atoms with Crippen LogP contribution in [0.3, 0.4) is 0 Å². The third kappa shape index (κ3) is 5.15. The Morgan fingerprint density at radius 1 is 1.08 bits per heavy atom. The van der Waals surface area contributed by atoms with Crippen LogP contribution < -0.4 is 11.1 Å². The summed E-state index contributed by atoms with van der Waals surface area (Å²) >= 11 is 0. The van der Waals surface area contributed by atoms with Crippen molar-refractivity contribution < 1.29 is 4.79 Å². The minimum Gasteiger partial charge on any atom is -0.351 e. The Balaban J connectivity index is 2.18. The number of urea groups is 1. The molecule has 0 saturated heterocycles. The molecule has 0 spiro atoms. The standard InChI is InChI=1S/C20H29N3O/c1-3-5-10-18-11-12-19(23(18)13-6-4-2)15-16-8-7-9-17(14-16)22-20(21)24/h7-9,11-12,14H,3-6,10,13,15H2,1-2H3,(H3,21,22,24). The van der Waals surface area contributed by atoms with E-state index in [2.05, 4.69) is 41.9 Å². The summed E-state index contributed by atoms with van der Waals surface area (Å²) in [4.78, 5) is 11.0. The number of primary amides is 1. The van der Waals surface area contributed by atoms with E-state index in [4.69, 9.17) is 5.73 Å². The van der Waals surface area contributed by atoms with Crippen LogP contribution in [0.15, 0.2) is 36.4 Å². The fourth-order valence-electron chi connectivity index (χ4n) is 3.00. The van der Waals surface area contributed by atoms with Crippen LogP contribution >= 0.6 is 0 Å². The van der Waals surface area contributed by atoms with Crippen molar-refractivity contribution in [2.75, 3.05) is 5.32 Å². The van der Waals surface area contributed by atoms with Crippen molar-refractivity contribution in [2.45, 2.75) is 58.9 Å². The summed E-state index contributed by atoms with van der Waals surface area (Å²) in [5.41, 5.74) is 9.91. The molecule has 130 valence electrons. The molecule has 0 aliphatic heterocycles. The highest BCUT2D eigenvalue weighted by atomic mass is 16.2. The van der Waals surface area contributed by atoms with Gasteiger partial charge in [-0.3, -0.25) is 0 Å². The van der Waals surface area contributed by atoms with Gasteiger partial charge in [0.1, 0.15) is 0 Å². The number of nitrogens with zero attached hydrogens (tertiary/aromatic N) is 1. The third-order valence-electron chi connectivity index (χ3n) is 4.26. The van der Waals surface area contributed by atoms with E-state index < -0.39 is 6.03 Å². The summed E-state index contributed by atoms with van der Waals surface area (Å²) in [6, 6.07) is 11.9. The molecule has 0 atom stereocenters. The highest BCUT2D eigenvalue weighted by molar-refractivity contribution is 5.87. The summed E-state index contributed by atoms with van der Waals surface area (Å²) in [5.74, 6) is 0. The molecule has 3 N–H and O–H groups in total. The van der Waals surface area contributed by atoms with Crippen LogP contribution in [-0.2, 0) is 19.4 Å². The number of carbonyl (C=O) groups excluding carboxylic acids is 1. The SMILES string of the molecule is CCCCc1ccc(Cc2cccc(NC(N)=O)c2)n1CCCC. The molecule has 0 bridgehead atoms. The van der Waals surface area contributed by atoms with Gasteiger partial charge in [0.2, 0.25) is 0 Å².